The van der Waals surface area contributed by atoms with E-state index in [1.165, 1.54) is 6.07 Å². The summed E-state index contributed by atoms with van der Waals surface area (Å²) in [5.74, 6) is -0.206. The minimum absolute atomic E-state index is 0.0927. The predicted molar refractivity (Wildman–Crippen MR) is 73.8 cm³/mol. The van der Waals surface area contributed by atoms with Crippen LogP contribution in [0, 0.1) is 12.7 Å². The van der Waals surface area contributed by atoms with Crippen molar-refractivity contribution in [2.45, 2.75) is 19.4 Å². The van der Waals surface area contributed by atoms with E-state index in [1.54, 1.807) is 23.5 Å². The first-order valence-electron chi connectivity index (χ1n) is 5.31. The van der Waals surface area contributed by atoms with Crippen LogP contribution in [0.2, 0.25) is 0 Å². The minimum Gasteiger partial charge on any atom is -0.323 e. The second-order valence-corrected chi connectivity index (χ2v) is 5.82. The number of halogens is 2. The summed E-state index contributed by atoms with van der Waals surface area (Å²) in [6.07, 6.45) is 0.655. The Morgan fingerprint density at radius 1 is 1.41 bits per heavy atom. The highest BCUT2D eigenvalue weighted by Gasteiger charge is 2.13. The highest BCUT2D eigenvalue weighted by atomic mass is 79.9. The van der Waals surface area contributed by atoms with Crippen molar-refractivity contribution in [1.29, 1.82) is 0 Å². The Morgan fingerprint density at radius 3 is 2.82 bits per heavy atom. The van der Waals surface area contributed by atoms with Crippen LogP contribution in [0.3, 0.4) is 0 Å². The van der Waals surface area contributed by atoms with Crippen molar-refractivity contribution < 1.29 is 4.39 Å². The number of rotatable bonds is 3. The molecule has 1 unspecified atom stereocenters. The number of aryl methyl sites for hydroxylation is 1. The summed E-state index contributed by atoms with van der Waals surface area (Å²) >= 11 is 5.09. The fraction of sp³-hybridized carbons (Fsp3) is 0.231. The second kappa shape index (κ2) is 5.29. The first-order valence-corrected chi connectivity index (χ1v) is 6.98. The van der Waals surface area contributed by atoms with Crippen LogP contribution in [0.4, 0.5) is 4.39 Å². The first kappa shape index (κ1) is 12.7. The van der Waals surface area contributed by atoms with Crippen molar-refractivity contribution in [3.63, 3.8) is 0 Å². The SMILES string of the molecule is Cc1ccc(F)cc1CC(N)c1sccc1Br. The Balaban J connectivity index is 2.21. The lowest BCUT2D eigenvalue weighted by Crippen LogP contribution is -2.13. The van der Waals surface area contributed by atoms with E-state index in [-0.39, 0.29) is 11.9 Å². The van der Waals surface area contributed by atoms with Crippen LogP contribution in [0.1, 0.15) is 22.0 Å². The van der Waals surface area contributed by atoms with Gasteiger partial charge in [0, 0.05) is 15.4 Å². The van der Waals surface area contributed by atoms with Gasteiger partial charge in [-0.15, -0.1) is 11.3 Å². The average molecular weight is 314 g/mol. The van der Waals surface area contributed by atoms with E-state index in [1.807, 2.05) is 18.4 Å². The van der Waals surface area contributed by atoms with Crippen molar-refractivity contribution in [3.05, 3.63) is 55.9 Å². The van der Waals surface area contributed by atoms with Gasteiger partial charge in [0.05, 0.1) is 0 Å². The molecule has 0 aliphatic carbocycles. The Bertz CT molecular complexity index is 524. The Hall–Kier alpha value is -0.710. The largest absolute Gasteiger partial charge is 0.323 e. The molecule has 0 amide bonds. The molecule has 1 aromatic carbocycles. The van der Waals surface area contributed by atoms with Crippen LogP contribution >= 0.6 is 27.3 Å². The fourth-order valence-electron chi connectivity index (χ4n) is 1.76. The van der Waals surface area contributed by atoms with Crippen molar-refractivity contribution in [1.82, 2.24) is 0 Å². The lowest BCUT2D eigenvalue weighted by atomic mass is 10.0. The zero-order valence-electron chi connectivity index (χ0n) is 9.41. The first-order chi connectivity index (χ1) is 8.08. The van der Waals surface area contributed by atoms with E-state index in [0.717, 1.165) is 20.5 Å². The lowest BCUT2D eigenvalue weighted by Gasteiger charge is -2.12. The highest BCUT2D eigenvalue weighted by molar-refractivity contribution is 9.10. The smallest absolute Gasteiger partial charge is 0.123 e. The summed E-state index contributed by atoms with van der Waals surface area (Å²) in [6, 6.07) is 6.73. The Kier molecular flexibility index (Phi) is 3.97. The van der Waals surface area contributed by atoms with Gasteiger partial charge in [-0.3, -0.25) is 0 Å². The molecular weight excluding hydrogens is 301 g/mol. The van der Waals surface area contributed by atoms with Gasteiger partial charge in [0.2, 0.25) is 0 Å². The maximum atomic E-state index is 13.2. The Morgan fingerprint density at radius 2 is 2.18 bits per heavy atom. The van der Waals surface area contributed by atoms with Crippen LogP contribution in [0.15, 0.2) is 34.1 Å². The van der Waals surface area contributed by atoms with Crippen LogP contribution < -0.4 is 5.73 Å². The molecule has 90 valence electrons. The van der Waals surface area contributed by atoms with Crippen LogP contribution in [0.5, 0.6) is 0 Å². The predicted octanol–water partition coefficient (Wildman–Crippen LogP) is 4.20. The molecule has 1 atom stereocenters. The molecule has 0 radical (unpaired) electrons. The van der Waals surface area contributed by atoms with Crippen molar-refractivity contribution in [2.75, 3.05) is 0 Å². The molecule has 17 heavy (non-hydrogen) atoms. The topological polar surface area (TPSA) is 26.0 Å². The van der Waals surface area contributed by atoms with Gasteiger partial charge in [-0.2, -0.15) is 0 Å². The summed E-state index contributed by atoms with van der Waals surface area (Å²) in [5, 5.41) is 2.00. The third kappa shape index (κ3) is 2.94. The summed E-state index contributed by atoms with van der Waals surface area (Å²) in [4.78, 5) is 1.11. The molecule has 1 nitrogen and oxygen atoms in total. The number of hydrogen-bond acceptors (Lipinski definition) is 2. The van der Waals surface area contributed by atoms with Crippen molar-refractivity contribution in [2.24, 2.45) is 5.73 Å². The van der Waals surface area contributed by atoms with Gasteiger partial charge in [-0.25, -0.2) is 4.39 Å². The van der Waals surface area contributed by atoms with E-state index < -0.39 is 0 Å². The normalized spacial score (nSPS) is 12.7. The molecule has 0 saturated carbocycles. The lowest BCUT2D eigenvalue weighted by molar-refractivity contribution is 0.621. The van der Waals surface area contributed by atoms with Gasteiger partial charge < -0.3 is 5.73 Å². The highest BCUT2D eigenvalue weighted by Crippen LogP contribution is 2.30. The van der Waals surface area contributed by atoms with Crippen molar-refractivity contribution >= 4 is 27.3 Å². The summed E-state index contributed by atoms with van der Waals surface area (Å²) < 4.78 is 14.2. The molecule has 0 aliphatic rings. The van der Waals surface area contributed by atoms with Gasteiger partial charge in [-0.1, -0.05) is 6.07 Å². The third-order valence-corrected chi connectivity index (χ3v) is 4.74. The molecule has 4 heteroatoms. The number of hydrogen-bond donors (Lipinski definition) is 1. The van der Waals surface area contributed by atoms with Crippen LogP contribution in [-0.2, 0) is 6.42 Å². The monoisotopic (exact) mass is 313 g/mol. The summed E-state index contributed by atoms with van der Waals surface area (Å²) in [6.45, 7) is 1.98. The molecule has 2 rings (SSSR count). The maximum absolute atomic E-state index is 13.2. The minimum atomic E-state index is -0.206. The number of nitrogens with two attached hydrogens (primary N) is 1. The molecule has 1 aromatic heterocycles. The van der Waals surface area contributed by atoms with Crippen molar-refractivity contribution in [3.8, 4) is 0 Å². The molecule has 0 spiro atoms. The zero-order chi connectivity index (χ0) is 12.4. The van der Waals surface area contributed by atoms with E-state index in [9.17, 15) is 4.39 Å². The quantitative estimate of drug-likeness (QED) is 0.903. The molecule has 1 heterocycles. The van der Waals surface area contributed by atoms with Crippen LogP contribution in [-0.4, -0.2) is 0 Å². The third-order valence-electron chi connectivity index (χ3n) is 2.73. The zero-order valence-corrected chi connectivity index (χ0v) is 11.8. The average Bonchev–Trinajstić information content (AvgIpc) is 2.70. The molecule has 0 fully saturated rings. The van der Waals surface area contributed by atoms with Gasteiger partial charge in [0.25, 0.3) is 0 Å². The Labute approximate surface area is 113 Å². The molecule has 0 bridgehead atoms. The van der Waals surface area contributed by atoms with Gasteiger partial charge in [-0.05, 0) is 64.0 Å². The van der Waals surface area contributed by atoms with Gasteiger partial charge in [0.1, 0.15) is 5.82 Å². The summed E-state index contributed by atoms with van der Waals surface area (Å²) in [7, 11) is 0. The second-order valence-electron chi connectivity index (χ2n) is 4.01. The maximum Gasteiger partial charge on any atom is 0.123 e. The number of benzene rings is 1. The van der Waals surface area contributed by atoms with Crippen LogP contribution in [0.25, 0.3) is 0 Å². The standard InChI is InChI=1S/C13H13BrFNS/c1-8-2-3-10(15)6-9(8)7-12(16)13-11(14)4-5-17-13/h2-6,12H,7,16H2,1H3. The van der Waals surface area contributed by atoms with E-state index in [4.69, 9.17) is 5.73 Å². The van der Waals surface area contributed by atoms with Gasteiger partial charge in [0.15, 0.2) is 0 Å². The molecule has 2 N–H and O–H groups in total. The number of thiophene rings is 1. The van der Waals surface area contributed by atoms with Gasteiger partial charge >= 0.3 is 0 Å². The molecule has 0 saturated heterocycles. The molecule has 2 aromatic rings. The molecule has 0 aliphatic heterocycles. The van der Waals surface area contributed by atoms with E-state index in [2.05, 4.69) is 15.9 Å². The fourth-order valence-corrected chi connectivity index (χ4v) is 3.43. The van der Waals surface area contributed by atoms with E-state index >= 15 is 0 Å². The molecular formula is C13H13BrFNS. The summed E-state index contributed by atoms with van der Waals surface area (Å²) in [5.41, 5.74) is 8.20. The van der Waals surface area contributed by atoms with E-state index in [0.29, 0.717) is 6.42 Å².